The maximum absolute atomic E-state index is 13.2. The zero-order valence-corrected chi connectivity index (χ0v) is 10.5. The SMILES string of the molecule is Fc1ccc(CCc2ccccc2)cc1OC(F)(F)F. The van der Waals surface area contributed by atoms with Crippen LogP contribution < -0.4 is 4.74 Å². The molecule has 0 N–H and O–H groups in total. The van der Waals surface area contributed by atoms with Crippen LogP contribution in [0, 0.1) is 5.82 Å². The van der Waals surface area contributed by atoms with Crippen LogP contribution in [0.15, 0.2) is 48.5 Å². The van der Waals surface area contributed by atoms with Crippen molar-refractivity contribution >= 4 is 0 Å². The van der Waals surface area contributed by atoms with Crippen LogP contribution in [0.1, 0.15) is 11.1 Å². The number of benzene rings is 2. The molecule has 0 aromatic heterocycles. The molecule has 20 heavy (non-hydrogen) atoms. The Morgan fingerprint density at radius 1 is 0.850 bits per heavy atom. The van der Waals surface area contributed by atoms with Gasteiger partial charge in [-0.1, -0.05) is 36.4 Å². The first-order valence-corrected chi connectivity index (χ1v) is 6.02. The Bertz CT molecular complexity index is 564. The Hall–Kier alpha value is -2.04. The summed E-state index contributed by atoms with van der Waals surface area (Å²) in [5.41, 5.74) is 1.66. The van der Waals surface area contributed by atoms with E-state index in [1.807, 2.05) is 30.3 Å². The van der Waals surface area contributed by atoms with Gasteiger partial charge in [0.15, 0.2) is 11.6 Å². The monoisotopic (exact) mass is 284 g/mol. The van der Waals surface area contributed by atoms with Crippen LogP contribution in [0.4, 0.5) is 17.6 Å². The third-order valence-corrected chi connectivity index (χ3v) is 2.77. The van der Waals surface area contributed by atoms with E-state index in [2.05, 4.69) is 4.74 Å². The Kier molecular flexibility index (Phi) is 4.27. The van der Waals surface area contributed by atoms with Crippen LogP contribution in [-0.2, 0) is 12.8 Å². The average molecular weight is 284 g/mol. The van der Waals surface area contributed by atoms with Crippen LogP contribution in [-0.4, -0.2) is 6.36 Å². The van der Waals surface area contributed by atoms with E-state index in [-0.39, 0.29) is 0 Å². The fraction of sp³-hybridized carbons (Fsp3) is 0.200. The maximum Gasteiger partial charge on any atom is 0.573 e. The molecule has 5 heteroatoms. The predicted octanol–water partition coefficient (Wildman–Crippen LogP) is 4.51. The molecule has 0 aliphatic rings. The molecule has 0 saturated carbocycles. The molecule has 0 fully saturated rings. The topological polar surface area (TPSA) is 9.23 Å². The van der Waals surface area contributed by atoms with E-state index < -0.39 is 17.9 Å². The van der Waals surface area contributed by atoms with Crippen LogP contribution >= 0.6 is 0 Å². The summed E-state index contributed by atoms with van der Waals surface area (Å²) >= 11 is 0. The lowest BCUT2D eigenvalue weighted by Gasteiger charge is -2.11. The van der Waals surface area contributed by atoms with Gasteiger partial charge in [-0.15, -0.1) is 13.2 Å². The summed E-state index contributed by atoms with van der Waals surface area (Å²) in [5.74, 6) is -1.81. The third-order valence-electron chi connectivity index (χ3n) is 2.77. The zero-order valence-electron chi connectivity index (χ0n) is 10.5. The minimum atomic E-state index is -4.89. The highest BCUT2D eigenvalue weighted by Gasteiger charge is 2.32. The first kappa shape index (κ1) is 14.4. The van der Waals surface area contributed by atoms with Gasteiger partial charge in [0.1, 0.15) is 0 Å². The molecule has 0 aliphatic heterocycles. The minimum absolute atomic E-state index is 0.512. The van der Waals surface area contributed by atoms with Crippen LogP contribution in [0.5, 0.6) is 5.75 Å². The summed E-state index contributed by atoms with van der Waals surface area (Å²) in [6.07, 6.45) is -3.71. The molecule has 0 amide bonds. The molecule has 2 aromatic rings. The number of aryl methyl sites for hydroxylation is 2. The molecule has 0 radical (unpaired) electrons. The molecule has 1 nitrogen and oxygen atoms in total. The largest absolute Gasteiger partial charge is 0.573 e. The smallest absolute Gasteiger partial charge is 0.403 e. The van der Waals surface area contributed by atoms with Crippen molar-refractivity contribution in [3.05, 3.63) is 65.5 Å². The van der Waals surface area contributed by atoms with Gasteiger partial charge in [0.2, 0.25) is 0 Å². The van der Waals surface area contributed by atoms with Gasteiger partial charge in [0.05, 0.1) is 0 Å². The molecular weight excluding hydrogens is 272 g/mol. The summed E-state index contributed by atoms with van der Waals surface area (Å²) in [5, 5.41) is 0. The number of alkyl halides is 3. The Morgan fingerprint density at radius 2 is 1.50 bits per heavy atom. The van der Waals surface area contributed by atoms with Crippen molar-refractivity contribution < 1.29 is 22.3 Å². The molecule has 0 spiro atoms. The van der Waals surface area contributed by atoms with Gasteiger partial charge < -0.3 is 4.74 Å². The Balaban J connectivity index is 2.07. The molecule has 0 bridgehead atoms. The predicted molar refractivity (Wildman–Crippen MR) is 66.9 cm³/mol. The van der Waals surface area contributed by atoms with E-state index in [4.69, 9.17) is 0 Å². The first-order valence-electron chi connectivity index (χ1n) is 6.02. The average Bonchev–Trinajstić information content (AvgIpc) is 2.39. The van der Waals surface area contributed by atoms with E-state index in [0.717, 1.165) is 17.7 Å². The fourth-order valence-corrected chi connectivity index (χ4v) is 1.84. The maximum atomic E-state index is 13.2. The normalized spacial score (nSPS) is 11.4. The highest BCUT2D eigenvalue weighted by Crippen LogP contribution is 2.26. The second kappa shape index (κ2) is 5.94. The summed E-state index contributed by atoms with van der Waals surface area (Å²) < 4.78 is 53.2. The van der Waals surface area contributed by atoms with Gasteiger partial charge in [0, 0.05) is 0 Å². The summed E-state index contributed by atoms with van der Waals surface area (Å²) in [6, 6.07) is 13.1. The zero-order chi connectivity index (χ0) is 14.6. The number of halogens is 4. The lowest BCUT2D eigenvalue weighted by atomic mass is 10.0. The van der Waals surface area contributed by atoms with Crippen LogP contribution in [0.3, 0.4) is 0 Å². The fourth-order valence-electron chi connectivity index (χ4n) is 1.84. The lowest BCUT2D eigenvalue weighted by Crippen LogP contribution is -2.18. The standard InChI is InChI=1S/C15H12F4O/c16-13-9-8-12(10-14(13)20-15(17,18)19)7-6-11-4-2-1-3-5-11/h1-5,8-10H,6-7H2. The van der Waals surface area contributed by atoms with Crippen LogP contribution in [0.2, 0.25) is 0 Å². The van der Waals surface area contributed by atoms with Crippen molar-refractivity contribution in [2.24, 2.45) is 0 Å². The number of hydrogen-bond donors (Lipinski definition) is 0. The van der Waals surface area contributed by atoms with Crippen molar-refractivity contribution in [1.29, 1.82) is 0 Å². The van der Waals surface area contributed by atoms with Crippen molar-refractivity contribution in [3.63, 3.8) is 0 Å². The Labute approximate surface area is 113 Å². The summed E-state index contributed by atoms with van der Waals surface area (Å²) in [7, 11) is 0. The molecule has 0 aliphatic carbocycles. The van der Waals surface area contributed by atoms with Gasteiger partial charge in [-0.25, -0.2) is 4.39 Å². The van der Waals surface area contributed by atoms with E-state index in [0.29, 0.717) is 18.4 Å². The van der Waals surface area contributed by atoms with Crippen molar-refractivity contribution in [1.82, 2.24) is 0 Å². The number of hydrogen-bond acceptors (Lipinski definition) is 1. The number of ether oxygens (including phenoxy) is 1. The highest BCUT2D eigenvalue weighted by atomic mass is 19.4. The van der Waals surface area contributed by atoms with Crippen molar-refractivity contribution in [2.75, 3.05) is 0 Å². The lowest BCUT2D eigenvalue weighted by molar-refractivity contribution is -0.275. The molecule has 0 atom stereocenters. The first-order chi connectivity index (χ1) is 9.44. The van der Waals surface area contributed by atoms with Crippen LogP contribution in [0.25, 0.3) is 0 Å². The van der Waals surface area contributed by atoms with Crippen molar-refractivity contribution in [3.8, 4) is 5.75 Å². The van der Waals surface area contributed by atoms with Gasteiger partial charge in [0.25, 0.3) is 0 Å². The van der Waals surface area contributed by atoms with E-state index >= 15 is 0 Å². The number of rotatable bonds is 4. The van der Waals surface area contributed by atoms with Gasteiger partial charge in [-0.05, 0) is 36.1 Å². The van der Waals surface area contributed by atoms with E-state index in [9.17, 15) is 17.6 Å². The molecule has 0 heterocycles. The molecule has 106 valence electrons. The molecule has 0 unspecified atom stereocenters. The Morgan fingerprint density at radius 3 is 2.15 bits per heavy atom. The quantitative estimate of drug-likeness (QED) is 0.751. The molecule has 2 rings (SSSR count). The van der Waals surface area contributed by atoms with Crippen molar-refractivity contribution in [2.45, 2.75) is 19.2 Å². The highest BCUT2D eigenvalue weighted by molar-refractivity contribution is 5.31. The molecular formula is C15H12F4O. The molecule has 0 saturated heterocycles. The minimum Gasteiger partial charge on any atom is -0.403 e. The van der Waals surface area contributed by atoms with E-state index in [1.165, 1.54) is 6.07 Å². The third kappa shape index (κ3) is 4.26. The van der Waals surface area contributed by atoms with Gasteiger partial charge >= 0.3 is 6.36 Å². The summed E-state index contributed by atoms with van der Waals surface area (Å²) in [4.78, 5) is 0. The molecule has 2 aromatic carbocycles. The van der Waals surface area contributed by atoms with Gasteiger partial charge in [-0.3, -0.25) is 0 Å². The second-order valence-electron chi connectivity index (χ2n) is 4.30. The second-order valence-corrected chi connectivity index (χ2v) is 4.30. The van der Waals surface area contributed by atoms with E-state index in [1.54, 1.807) is 0 Å². The summed E-state index contributed by atoms with van der Waals surface area (Å²) in [6.45, 7) is 0. The van der Waals surface area contributed by atoms with Gasteiger partial charge in [-0.2, -0.15) is 0 Å².